The molecule has 1 aromatic carbocycles. The highest BCUT2D eigenvalue weighted by Crippen LogP contribution is 2.10. The average molecular weight is 278 g/mol. The Bertz CT molecular complexity index is 453. The number of benzene rings is 1. The summed E-state index contributed by atoms with van der Waals surface area (Å²) in [7, 11) is 0. The van der Waals surface area contributed by atoms with E-state index in [1.807, 2.05) is 6.92 Å². The standard InChI is InChI=1S/C14H22N4O2/c1-10(3-2-8-17-14(15)16)13(20)18-9-11-4-6-12(19)7-5-11/h4-7,10,19H,2-3,8-9H2,1H3,(H,18,20)(H4,15,16,17)/t10-/m1/s1. The van der Waals surface area contributed by atoms with Crippen LogP contribution in [0.5, 0.6) is 5.75 Å². The summed E-state index contributed by atoms with van der Waals surface area (Å²) in [6.07, 6.45) is 1.50. The second kappa shape index (κ2) is 8.04. The molecule has 6 heteroatoms. The molecule has 0 aliphatic rings. The highest BCUT2D eigenvalue weighted by molar-refractivity contribution is 5.78. The molecular formula is C14H22N4O2. The lowest BCUT2D eigenvalue weighted by molar-refractivity contribution is -0.124. The normalized spacial score (nSPS) is 11.7. The van der Waals surface area contributed by atoms with E-state index in [-0.39, 0.29) is 23.5 Å². The van der Waals surface area contributed by atoms with Crippen LogP contribution in [0.25, 0.3) is 0 Å². The molecule has 0 unspecified atom stereocenters. The number of nitrogens with one attached hydrogen (secondary N) is 1. The summed E-state index contributed by atoms with van der Waals surface area (Å²) >= 11 is 0. The van der Waals surface area contributed by atoms with Crippen molar-refractivity contribution in [2.24, 2.45) is 22.4 Å². The molecule has 0 spiro atoms. The topological polar surface area (TPSA) is 114 Å². The smallest absolute Gasteiger partial charge is 0.223 e. The van der Waals surface area contributed by atoms with Crippen LogP contribution in [0.3, 0.4) is 0 Å². The van der Waals surface area contributed by atoms with Crippen LogP contribution in [0.1, 0.15) is 25.3 Å². The van der Waals surface area contributed by atoms with Gasteiger partial charge >= 0.3 is 0 Å². The molecule has 0 fully saturated rings. The number of nitrogens with zero attached hydrogens (tertiary/aromatic N) is 1. The molecule has 0 heterocycles. The maximum atomic E-state index is 11.9. The number of amides is 1. The van der Waals surface area contributed by atoms with Crippen LogP contribution in [-0.4, -0.2) is 23.5 Å². The first-order valence-electron chi connectivity index (χ1n) is 6.60. The third-order valence-electron chi connectivity index (χ3n) is 2.94. The van der Waals surface area contributed by atoms with Gasteiger partial charge in [0.05, 0.1) is 0 Å². The van der Waals surface area contributed by atoms with Gasteiger partial charge < -0.3 is 21.9 Å². The van der Waals surface area contributed by atoms with Crippen molar-refractivity contribution in [3.63, 3.8) is 0 Å². The van der Waals surface area contributed by atoms with Gasteiger partial charge in [0.15, 0.2) is 5.96 Å². The summed E-state index contributed by atoms with van der Waals surface area (Å²) in [5, 5.41) is 12.0. The number of aliphatic imine (C=N–C) groups is 1. The molecule has 6 N–H and O–H groups in total. The molecular weight excluding hydrogens is 256 g/mol. The second-order valence-corrected chi connectivity index (χ2v) is 4.73. The molecule has 1 rings (SSSR count). The highest BCUT2D eigenvalue weighted by atomic mass is 16.3. The summed E-state index contributed by atoms with van der Waals surface area (Å²) in [6.45, 7) is 2.87. The van der Waals surface area contributed by atoms with Gasteiger partial charge in [-0.3, -0.25) is 9.79 Å². The van der Waals surface area contributed by atoms with E-state index in [1.54, 1.807) is 24.3 Å². The Labute approximate surface area is 118 Å². The van der Waals surface area contributed by atoms with Crippen LogP contribution in [0.2, 0.25) is 0 Å². The molecule has 1 atom stereocenters. The van der Waals surface area contributed by atoms with Crippen molar-refractivity contribution >= 4 is 11.9 Å². The fraction of sp³-hybridized carbons (Fsp3) is 0.429. The Hall–Kier alpha value is -2.24. The number of hydrogen-bond acceptors (Lipinski definition) is 3. The van der Waals surface area contributed by atoms with Gasteiger partial charge in [-0.05, 0) is 30.5 Å². The quantitative estimate of drug-likeness (QED) is 0.334. The first-order chi connectivity index (χ1) is 9.49. The minimum Gasteiger partial charge on any atom is -0.508 e. The predicted octanol–water partition coefficient (Wildman–Crippen LogP) is 0.698. The van der Waals surface area contributed by atoms with E-state index >= 15 is 0 Å². The van der Waals surface area contributed by atoms with Gasteiger partial charge in [0, 0.05) is 19.0 Å². The zero-order valence-electron chi connectivity index (χ0n) is 11.7. The van der Waals surface area contributed by atoms with E-state index in [0.717, 1.165) is 18.4 Å². The molecule has 0 bridgehead atoms. The zero-order valence-corrected chi connectivity index (χ0v) is 11.7. The van der Waals surface area contributed by atoms with Crippen molar-refractivity contribution in [1.82, 2.24) is 5.32 Å². The van der Waals surface area contributed by atoms with Crippen molar-refractivity contribution < 1.29 is 9.90 Å². The van der Waals surface area contributed by atoms with E-state index in [9.17, 15) is 4.79 Å². The average Bonchev–Trinajstić information content (AvgIpc) is 2.42. The summed E-state index contributed by atoms with van der Waals surface area (Å²) < 4.78 is 0. The number of rotatable bonds is 7. The number of aromatic hydroxyl groups is 1. The minimum absolute atomic E-state index is 0.00257. The third kappa shape index (κ3) is 6.08. The number of carbonyl (C=O) groups excluding carboxylic acids is 1. The molecule has 0 radical (unpaired) electrons. The Kier molecular flexibility index (Phi) is 6.36. The Morgan fingerprint density at radius 3 is 2.60 bits per heavy atom. The summed E-state index contributed by atoms with van der Waals surface area (Å²) in [4.78, 5) is 15.7. The number of hydrogen-bond donors (Lipinski definition) is 4. The number of phenolic OH excluding ortho intramolecular Hbond substituents is 1. The van der Waals surface area contributed by atoms with Crippen molar-refractivity contribution in [1.29, 1.82) is 0 Å². The Morgan fingerprint density at radius 2 is 2.00 bits per heavy atom. The van der Waals surface area contributed by atoms with Gasteiger partial charge in [-0.25, -0.2) is 0 Å². The number of phenols is 1. The first kappa shape index (κ1) is 15.8. The molecule has 0 saturated heterocycles. The molecule has 6 nitrogen and oxygen atoms in total. The zero-order chi connectivity index (χ0) is 15.0. The van der Waals surface area contributed by atoms with Crippen LogP contribution < -0.4 is 16.8 Å². The molecule has 0 aliphatic carbocycles. The maximum Gasteiger partial charge on any atom is 0.223 e. The van der Waals surface area contributed by atoms with Crippen molar-refractivity contribution in [3.8, 4) is 5.75 Å². The van der Waals surface area contributed by atoms with Crippen LogP contribution in [0, 0.1) is 5.92 Å². The van der Waals surface area contributed by atoms with Crippen LogP contribution in [0.4, 0.5) is 0 Å². The first-order valence-corrected chi connectivity index (χ1v) is 6.60. The molecule has 1 aromatic rings. The summed E-state index contributed by atoms with van der Waals surface area (Å²) in [5.41, 5.74) is 11.4. The lowest BCUT2D eigenvalue weighted by Crippen LogP contribution is -2.29. The second-order valence-electron chi connectivity index (χ2n) is 4.73. The molecule has 0 aliphatic heterocycles. The van der Waals surface area contributed by atoms with Crippen LogP contribution in [0.15, 0.2) is 29.3 Å². The van der Waals surface area contributed by atoms with E-state index < -0.39 is 0 Å². The Balaban J connectivity index is 2.27. The van der Waals surface area contributed by atoms with E-state index in [2.05, 4.69) is 10.3 Å². The number of guanidine groups is 1. The Morgan fingerprint density at radius 1 is 1.35 bits per heavy atom. The van der Waals surface area contributed by atoms with E-state index in [0.29, 0.717) is 13.1 Å². The van der Waals surface area contributed by atoms with E-state index in [1.165, 1.54) is 0 Å². The van der Waals surface area contributed by atoms with Gasteiger partial charge in [0.1, 0.15) is 5.75 Å². The van der Waals surface area contributed by atoms with E-state index in [4.69, 9.17) is 16.6 Å². The molecule has 110 valence electrons. The number of carbonyl (C=O) groups is 1. The van der Waals surface area contributed by atoms with Crippen molar-refractivity contribution in [2.75, 3.05) is 6.54 Å². The van der Waals surface area contributed by atoms with Gasteiger partial charge in [0.2, 0.25) is 5.91 Å². The lowest BCUT2D eigenvalue weighted by Gasteiger charge is -2.11. The molecule has 0 aromatic heterocycles. The largest absolute Gasteiger partial charge is 0.508 e. The monoisotopic (exact) mass is 278 g/mol. The molecule has 1 amide bonds. The van der Waals surface area contributed by atoms with Gasteiger partial charge in [-0.1, -0.05) is 19.1 Å². The van der Waals surface area contributed by atoms with Crippen molar-refractivity contribution in [3.05, 3.63) is 29.8 Å². The van der Waals surface area contributed by atoms with Gasteiger partial charge in [0.25, 0.3) is 0 Å². The summed E-state index contributed by atoms with van der Waals surface area (Å²) in [5.74, 6) is 0.215. The summed E-state index contributed by atoms with van der Waals surface area (Å²) in [6, 6.07) is 6.75. The predicted molar refractivity (Wildman–Crippen MR) is 79.0 cm³/mol. The van der Waals surface area contributed by atoms with Gasteiger partial charge in [-0.15, -0.1) is 0 Å². The minimum atomic E-state index is -0.0821. The highest BCUT2D eigenvalue weighted by Gasteiger charge is 2.11. The maximum absolute atomic E-state index is 11.9. The number of nitrogens with two attached hydrogens (primary N) is 2. The van der Waals surface area contributed by atoms with Crippen LogP contribution >= 0.6 is 0 Å². The third-order valence-corrected chi connectivity index (χ3v) is 2.94. The fourth-order valence-electron chi connectivity index (χ4n) is 1.71. The molecule has 20 heavy (non-hydrogen) atoms. The fourth-order valence-corrected chi connectivity index (χ4v) is 1.71. The van der Waals surface area contributed by atoms with Crippen molar-refractivity contribution in [2.45, 2.75) is 26.3 Å². The van der Waals surface area contributed by atoms with Gasteiger partial charge in [-0.2, -0.15) is 0 Å². The molecule has 0 saturated carbocycles. The van der Waals surface area contributed by atoms with Crippen LogP contribution in [-0.2, 0) is 11.3 Å². The lowest BCUT2D eigenvalue weighted by atomic mass is 10.0. The SMILES string of the molecule is C[C@H](CCCN=C(N)N)C(=O)NCc1ccc(O)cc1.